The molecule has 0 aromatic heterocycles. The van der Waals surface area contributed by atoms with Crippen LogP contribution < -0.4 is 14.2 Å². The zero-order valence-corrected chi connectivity index (χ0v) is 22.2. The maximum atomic E-state index is 12.5. The summed E-state index contributed by atoms with van der Waals surface area (Å²) < 4.78 is 16.6. The standard InChI is InChI=1S/C35H28O5/c1-35(27-13-19-30(38-2)20-14-27,28-15-21-31(22-16-28)39-33(36)25-9-5-3-6-10-25)29-17-23-32(24-18-29)40-34(37)26-11-7-4-8-12-26/h3-24H,1-2H3. The van der Waals surface area contributed by atoms with E-state index in [4.69, 9.17) is 14.2 Å². The van der Waals surface area contributed by atoms with E-state index in [2.05, 4.69) is 6.92 Å². The van der Waals surface area contributed by atoms with Crippen LogP contribution in [0, 0.1) is 0 Å². The lowest BCUT2D eigenvalue weighted by atomic mass is 9.71. The Morgan fingerprint density at radius 2 is 0.800 bits per heavy atom. The molecule has 0 heterocycles. The Bertz CT molecular complexity index is 1480. The number of benzene rings is 5. The van der Waals surface area contributed by atoms with E-state index in [1.54, 1.807) is 79.9 Å². The molecule has 5 nitrogen and oxygen atoms in total. The second-order valence-electron chi connectivity index (χ2n) is 9.41. The van der Waals surface area contributed by atoms with Crippen molar-refractivity contribution in [1.29, 1.82) is 0 Å². The third-order valence-electron chi connectivity index (χ3n) is 6.97. The van der Waals surface area contributed by atoms with Crippen molar-refractivity contribution in [3.63, 3.8) is 0 Å². The van der Waals surface area contributed by atoms with Crippen LogP contribution in [-0.4, -0.2) is 19.0 Å². The van der Waals surface area contributed by atoms with Crippen LogP contribution in [0.1, 0.15) is 44.3 Å². The Labute approximate surface area is 233 Å². The van der Waals surface area contributed by atoms with Gasteiger partial charge in [-0.1, -0.05) is 72.8 Å². The lowest BCUT2D eigenvalue weighted by molar-refractivity contribution is 0.0725. The normalized spacial score (nSPS) is 10.9. The molecule has 5 aromatic carbocycles. The summed E-state index contributed by atoms with van der Waals surface area (Å²) >= 11 is 0. The van der Waals surface area contributed by atoms with Crippen molar-refractivity contribution in [2.24, 2.45) is 0 Å². The quantitative estimate of drug-likeness (QED) is 0.119. The van der Waals surface area contributed by atoms with Gasteiger partial charge in [-0.25, -0.2) is 9.59 Å². The summed E-state index contributed by atoms with van der Waals surface area (Å²) in [6, 6.07) is 40.7. The highest BCUT2D eigenvalue weighted by Gasteiger charge is 2.31. The van der Waals surface area contributed by atoms with E-state index >= 15 is 0 Å². The Morgan fingerprint density at radius 3 is 1.12 bits per heavy atom. The largest absolute Gasteiger partial charge is 0.497 e. The molecule has 198 valence electrons. The first kappa shape index (κ1) is 26.4. The van der Waals surface area contributed by atoms with Crippen LogP contribution in [0.15, 0.2) is 133 Å². The summed E-state index contributed by atoms with van der Waals surface area (Å²) in [5.74, 6) is 0.854. The van der Waals surface area contributed by atoms with Gasteiger partial charge in [0.05, 0.1) is 18.2 Å². The Kier molecular flexibility index (Phi) is 7.74. The lowest BCUT2D eigenvalue weighted by Crippen LogP contribution is -2.25. The molecule has 40 heavy (non-hydrogen) atoms. The summed E-state index contributed by atoms with van der Waals surface area (Å²) in [5, 5.41) is 0. The Hall–Kier alpha value is -5.16. The molecule has 0 atom stereocenters. The van der Waals surface area contributed by atoms with E-state index in [1.165, 1.54) is 0 Å². The third kappa shape index (κ3) is 5.64. The summed E-state index contributed by atoms with van der Waals surface area (Å²) in [6.45, 7) is 2.13. The first-order chi connectivity index (χ1) is 19.5. The van der Waals surface area contributed by atoms with Crippen LogP contribution in [0.25, 0.3) is 0 Å². The minimum atomic E-state index is -0.573. The van der Waals surface area contributed by atoms with Crippen LogP contribution in [0.4, 0.5) is 0 Å². The molecule has 0 N–H and O–H groups in total. The van der Waals surface area contributed by atoms with Gasteiger partial charge in [-0.05, 0) is 84.3 Å². The van der Waals surface area contributed by atoms with Crippen molar-refractivity contribution >= 4 is 11.9 Å². The van der Waals surface area contributed by atoms with Crippen molar-refractivity contribution in [3.05, 3.63) is 161 Å². The van der Waals surface area contributed by atoms with E-state index in [-0.39, 0.29) is 0 Å². The molecule has 0 aliphatic rings. The SMILES string of the molecule is COc1ccc(C(C)(c2ccc(OC(=O)c3ccccc3)cc2)c2ccc(OC(=O)c3ccccc3)cc2)cc1. The monoisotopic (exact) mass is 528 g/mol. The molecule has 5 rings (SSSR count). The van der Waals surface area contributed by atoms with Gasteiger partial charge in [-0.15, -0.1) is 0 Å². The number of carbonyl (C=O) groups excluding carboxylic acids is 2. The molecule has 0 aliphatic carbocycles. The Balaban J connectivity index is 1.44. The highest BCUT2D eigenvalue weighted by atomic mass is 16.5. The summed E-state index contributed by atoms with van der Waals surface area (Å²) in [7, 11) is 1.64. The predicted octanol–water partition coefficient (Wildman–Crippen LogP) is 7.49. The van der Waals surface area contributed by atoms with Gasteiger partial charge in [0.2, 0.25) is 0 Å². The third-order valence-corrected chi connectivity index (χ3v) is 6.97. The van der Waals surface area contributed by atoms with E-state index in [0.717, 1.165) is 22.4 Å². The first-order valence-electron chi connectivity index (χ1n) is 12.9. The molecule has 0 spiro atoms. The number of rotatable bonds is 8. The average Bonchev–Trinajstić information content (AvgIpc) is 3.02. The second kappa shape index (κ2) is 11.7. The zero-order valence-electron chi connectivity index (χ0n) is 22.2. The fraction of sp³-hybridized carbons (Fsp3) is 0.0857. The summed E-state index contributed by atoms with van der Waals surface area (Å²) in [6.07, 6.45) is 0. The smallest absolute Gasteiger partial charge is 0.343 e. The average molecular weight is 529 g/mol. The molecular formula is C35H28O5. The van der Waals surface area contributed by atoms with Gasteiger partial charge in [-0.2, -0.15) is 0 Å². The Morgan fingerprint density at radius 1 is 0.475 bits per heavy atom. The van der Waals surface area contributed by atoms with E-state index in [0.29, 0.717) is 22.6 Å². The molecule has 0 unspecified atom stereocenters. The van der Waals surface area contributed by atoms with E-state index in [9.17, 15) is 9.59 Å². The molecule has 0 saturated heterocycles. The highest BCUT2D eigenvalue weighted by Crippen LogP contribution is 2.40. The fourth-order valence-corrected chi connectivity index (χ4v) is 4.62. The van der Waals surface area contributed by atoms with Crippen LogP contribution in [0.3, 0.4) is 0 Å². The van der Waals surface area contributed by atoms with Crippen molar-refractivity contribution in [2.45, 2.75) is 12.3 Å². The van der Waals surface area contributed by atoms with E-state index < -0.39 is 17.4 Å². The number of esters is 2. The molecule has 0 saturated carbocycles. The first-order valence-corrected chi connectivity index (χ1v) is 12.9. The maximum Gasteiger partial charge on any atom is 0.343 e. The predicted molar refractivity (Wildman–Crippen MR) is 154 cm³/mol. The van der Waals surface area contributed by atoms with Crippen LogP contribution >= 0.6 is 0 Å². The minimum absolute atomic E-state index is 0.410. The van der Waals surface area contributed by atoms with Gasteiger partial charge >= 0.3 is 11.9 Å². The molecule has 5 aromatic rings. The van der Waals surface area contributed by atoms with Crippen molar-refractivity contribution < 1.29 is 23.8 Å². The summed E-state index contributed by atoms with van der Waals surface area (Å²) in [5.41, 5.74) is 3.43. The fourth-order valence-electron chi connectivity index (χ4n) is 4.62. The van der Waals surface area contributed by atoms with Gasteiger partial charge in [0.1, 0.15) is 17.2 Å². The van der Waals surface area contributed by atoms with Crippen LogP contribution in [0.5, 0.6) is 17.2 Å². The zero-order chi connectivity index (χ0) is 28.0. The molecule has 0 fully saturated rings. The van der Waals surface area contributed by atoms with Crippen molar-refractivity contribution in [3.8, 4) is 17.2 Å². The van der Waals surface area contributed by atoms with Gasteiger partial charge in [0.15, 0.2) is 0 Å². The van der Waals surface area contributed by atoms with Gasteiger partial charge in [0.25, 0.3) is 0 Å². The molecule has 0 bridgehead atoms. The number of methoxy groups -OCH3 is 1. The number of ether oxygens (including phenoxy) is 3. The molecule has 0 radical (unpaired) electrons. The van der Waals surface area contributed by atoms with Gasteiger partial charge in [-0.3, -0.25) is 0 Å². The highest BCUT2D eigenvalue weighted by molar-refractivity contribution is 5.91. The second-order valence-corrected chi connectivity index (χ2v) is 9.41. The minimum Gasteiger partial charge on any atom is -0.497 e. The molecule has 0 amide bonds. The van der Waals surface area contributed by atoms with E-state index in [1.807, 2.05) is 60.7 Å². The number of carbonyl (C=O) groups is 2. The molecule has 5 heteroatoms. The summed E-state index contributed by atoms with van der Waals surface area (Å²) in [4.78, 5) is 25.1. The van der Waals surface area contributed by atoms with Crippen LogP contribution in [-0.2, 0) is 5.41 Å². The number of hydrogen-bond acceptors (Lipinski definition) is 5. The number of hydrogen-bond donors (Lipinski definition) is 0. The molecular weight excluding hydrogens is 500 g/mol. The maximum absolute atomic E-state index is 12.5. The molecule has 0 aliphatic heterocycles. The van der Waals surface area contributed by atoms with Gasteiger partial charge in [0, 0.05) is 5.41 Å². The van der Waals surface area contributed by atoms with Crippen LogP contribution in [0.2, 0.25) is 0 Å². The van der Waals surface area contributed by atoms with Crippen molar-refractivity contribution in [2.75, 3.05) is 7.11 Å². The lowest BCUT2D eigenvalue weighted by Gasteiger charge is -2.32. The van der Waals surface area contributed by atoms with Gasteiger partial charge < -0.3 is 14.2 Å². The topological polar surface area (TPSA) is 61.8 Å². The van der Waals surface area contributed by atoms with Crippen molar-refractivity contribution in [1.82, 2.24) is 0 Å².